The molecule has 0 bridgehead atoms. The predicted octanol–water partition coefficient (Wildman–Crippen LogP) is 4.64. The molecular formula is C19H19ClN2O3S. The maximum Gasteiger partial charge on any atom is 0.238 e. The molecule has 0 saturated carbocycles. The summed E-state index contributed by atoms with van der Waals surface area (Å²) < 4.78 is 10.5. The van der Waals surface area contributed by atoms with Crippen molar-refractivity contribution in [1.29, 1.82) is 0 Å². The Balaban J connectivity index is 1.65. The smallest absolute Gasteiger partial charge is 0.238 e. The van der Waals surface area contributed by atoms with E-state index in [2.05, 4.69) is 11.4 Å². The van der Waals surface area contributed by atoms with Crippen molar-refractivity contribution in [2.75, 3.05) is 19.0 Å². The molecule has 3 aromatic rings. The Kier molecular flexibility index (Phi) is 6.33. The molecule has 0 aliphatic carbocycles. The average molecular weight is 391 g/mol. The summed E-state index contributed by atoms with van der Waals surface area (Å²) in [5, 5.41) is 5.36. The molecule has 0 unspecified atom stereocenters. The van der Waals surface area contributed by atoms with Crippen molar-refractivity contribution in [3.8, 4) is 5.75 Å². The second-order valence-electron chi connectivity index (χ2n) is 5.70. The molecule has 1 amide bonds. The quantitative estimate of drug-likeness (QED) is 0.608. The highest BCUT2D eigenvalue weighted by Gasteiger charge is 2.15. The van der Waals surface area contributed by atoms with E-state index >= 15 is 0 Å². The van der Waals surface area contributed by atoms with Gasteiger partial charge in [0.1, 0.15) is 11.5 Å². The van der Waals surface area contributed by atoms with Crippen molar-refractivity contribution < 1.29 is 13.9 Å². The SMILES string of the molecule is COc1ccc(NC(=O)CN(Cc2ccco2)Cc2cccs2)cc1Cl. The Morgan fingerprint density at radius 1 is 1.27 bits per heavy atom. The Morgan fingerprint density at radius 3 is 2.81 bits per heavy atom. The summed E-state index contributed by atoms with van der Waals surface area (Å²) in [4.78, 5) is 15.7. The number of furan rings is 1. The van der Waals surface area contributed by atoms with Gasteiger partial charge in [0.15, 0.2) is 0 Å². The minimum absolute atomic E-state index is 0.116. The van der Waals surface area contributed by atoms with E-state index in [9.17, 15) is 4.79 Å². The number of hydrogen-bond acceptors (Lipinski definition) is 5. The van der Waals surface area contributed by atoms with Crippen molar-refractivity contribution in [2.45, 2.75) is 13.1 Å². The molecule has 7 heteroatoms. The molecule has 26 heavy (non-hydrogen) atoms. The number of halogens is 1. The zero-order valence-corrected chi connectivity index (χ0v) is 15.8. The number of carbonyl (C=O) groups is 1. The number of amides is 1. The maximum absolute atomic E-state index is 12.5. The zero-order chi connectivity index (χ0) is 18.4. The fourth-order valence-corrected chi connectivity index (χ4v) is 3.57. The average Bonchev–Trinajstić information content (AvgIpc) is 3.29. The third kappa shape index (κ3) is 5.11. The van der Waals surface area contributed by atoms with Crippen molar-refractivity contribution in [3.63, 3.8) is 0 Å². The van der Waals surface area contributed by atoms with Gasteiger partial charge >= 0.3 is 0 Å². The number of methoxy groups -OCH3 is 1. The van der Waals surface area contributed by atoms with Crippen LogP contribution in [0.2, 0.25) is 5.02 Å². The number of benzene rings is 1. The minimum Gasteiger partial charge on any atom is -0.495 e. The lowest BCUT2D eigenvalue weighted by atomic mass is 10.3. The number of rotatable bonds is 8. The summed E-state index contributed by atoms with van der Waals surface area (Å²) in [7, 11) is 1.55. The van der Waals surface area contributed by atoms with E-state index < -0.39 is 0 Å². The van der Waals surface area contributed by atoms with Gasteiger partial charge in [0.25, 0.3) is 0 Å². The topological polar surface area (TPSA) is 54.7 Å². The first-order chi connectivity index (χ1) is 12.6. The van der Waals surface area contributed by atoms with Gasteiger partial charge in [-0.25, -0.2) is 0 Å². The van der Waals surface area contributed by atoms with E-state index in [-0.39, 0.29) is 12.5 Å². The number of carbonyl (C=O) groups excluding carboxylic acids is 1. The van der Waals surface area contributed by atoms with Gasteiger partial charge < -0.3 is 14.5 Å². The third-order valence-corrected chi connectivity index (χ3v) is 4.88. The highest BCUT2D eigenvalue weighted by molar-refractivity contribution is 7.09. The molecule has 0 aliphatic rings. The van der Waals surface area contributed by atoms with Crippen LogP contribution in [0.1, 0.15) is 10.6 Å². The van der Waals surface area contributed by atoms with Crippen LogP contribution < -0.4 is 10.1 Å². The number of hydrogen-bond donors (Lipinski definition) is 1. The van der Waals surface area contributed by atoms with Gasteiger partial charge in [0.05, 0.1) is 31.5 Å². The lowest BCUT2D eigenvalue weighted by Crippen LogP contribution is -2.32. The van der Waals surface area contributed by atoms with Crippen molar-refractivity contribution >= 4 is 34.5 Å². The number of thiophene rings is 1. The molecule has 1 N–H and O–H groups in total. The molecule has 0 radical (unpaired) electrons. The van der Waals surface area contributed by atoms with Gasteiger partial charge in [0, 0.05) is 17.1 Å². The van der Waals surface area contributed by atoms with E-state index in [4.69, 9.17) is 20.8 Å². The monoisotopic (exact) mass is 390 g/mol. The van der Waals surface area contributed by atoms with Gasteiger partial charge in [-0.15, -0.1) is 11.3 Å². The van der Waals surface area contributed by atoms with E-state index in [1.165, 1.54) is 4.88 Å². The number of nitrogens with one attached hydrogen (secondary N) is 1. The maximum atomic E-state index is 12.5. The van der Waals surface area contributed by atoms with Gasteiger partial charge in [0.2, 0.25) is 5.91 Å². The zero-order valence-electron chi connectivity index (χ0n) is 14.3. The standard InChI is InChI=1S/C19H19ClN2O3S/c1-24-18-7-6-14(10-17(18)20)21-19(23)13-22(11-15-4-2-8-25-15)12-16-5-3-9-26-16/h2-10H,11-13H2,1H3,(H,21,23). The van der Waals surface area contributed by atoms with Crippen LogP contribution in [0.5, 0.6) is 5.75 Å². The minimum atomic E-state index is -0.116. The van der Waals surface area contributed by atoms with Gasteiger partial charge in [-0.05, 0) is 41.8 Å². The molecule has 0 saturated heterocycles. The van der Waals surface area contributed by atoms with E-state index in [1.54, 1.807) is 42.9 Å². The summed E-state index contributed by atoms with van der Waals surface area (Å²) in [6, 6.07) is 13.0. The lowest BCUT2D eigenvalue weighted by molar-refractivity contribution is -0.117. The number of ether oxygens (including phenoxy) is 1. The Labute approximate surface area is 161 Å². The molecule has 3 rings (SSSR count). The van der Waals surface area contributed by atoms with Crippen molar-refractivity contribution in [1.82, 2.24) is 4.90 Å². The Bertz CT molecular complexity index is 798. The van der Waals surface area contributed by atoms with E-state index in [0.717, 1.165) is 5.76 Å². The van der Waals surface area contributed by atoms with Crippen LogP contribution in [0.3, 0.4) is 0 Å². The van der Waals surface area contributed by atoms with Gasteiger partial charge in [-0.3, -0.25) is 9.69 Å². The molecule has 136 valence electrons. The first-order valence-corrected chi connectivity index (χ1v) is 9.30. The van der Waals surface area contributed by atoms with Gasteiger partial charge in [-0.2, -0.15) is 0 Å². The summed E-state index contributed by atoms with van der Waals surface area (Å²) in [6.45, 7) is 1.47. The predicted molar refractivity (Wildman–Crippen MR) is 104 cm³/mol. The van der Waals surface area contributed by atoms with Gasteiger partial charge in [-0.1, -0.05) is 17.7 Å². The van der Waals surface area contributed by atoms with Crippen LogP contribution in [-0.4, -0.2) is 24.5 Å². The van der Waals surface area contributed by atoms with Crippen molar-refractivity contribution in [3.05, 3.63) is 69.8 Å². The Hall–Kier alpha value is -2.28. The summed E-state index contributed by atoms with van der Waals surface area (Å²) in [5.74, 6) is 1.28. The van der Waals surface area contributed by atoms with Crippen LogP contribution in [0.4, 0.5) is 5.69 Å². The largest absolute Gasteiger partial charge is 0.495 e. The summed E-state index contributed by atoms with van der Waals surface area (Å²) in [5.41, 5.74) is 0.634. The molecule has 0 spiro atoms. The number of nitrogens with zero attached hydrogens (tertiary/aromatic N) is 1. The van der Waals surface area contributed by atoms with Crippen LogP contribution in [0.25, 0.3) is 0 Å². The third-order valence-electron chi connectivity index (χ3n) is 3.72. The van der Waals surface area contributed by atoms with E-state index in [1.807, 2.05) is 28.5 Å². The van der Waals surface area contributed by atoms with Crippen LogP contribution in [0, 0.1) is 0 Å². The second-order valence-corrected chi connectivity index (χ2v) is 7.14. The van der Waals surface area contributed by atoms with Crippen LogP contribution >= 0.6 is 22.9 Å². The normalized spacial score (nSPS) is 10.9. The molecule has 0 aliphatic heterocycles. The van der Waals surface area contributed by atoms with Crippen molar-refractivity contribution in [2.24, 2.45) is 0 Å². The fraction of sp³-hybridized carbons (Fsp3) is 0.211. The van der Waals surface area contributed by atoms with Crippen LogP contribution in [-0.2, 0) is 17.9 Å². The molecule has 0 atom stereocenters. The molecule has 2 aromatic heterocycles. The summed E-state index contributed by atoms with van der Waals surface area (Å²) >= 11 is 7.78. The fourth-order valence-electron chi connectivity index (χ4n) is 2.56. The molecular weight excluding hydrogens is 372 g/mol. The summed E-state index contributed by atoms with van der Waals surface area (Å²) in [6.07, 6.45) is 1.64. The first kappa shape index (κ1) is 18.5. The van der Waals surface area contributed by atoms with E-state index in [0.29, 0.717) is 29.5 Å². The highest BCUT2D eigenvalue weighted by Crippen LogP contribution is 2.27. The molecule has 5 nitrogen and oxygen atoms in total. The first-order valence-electron chi connectivity index (χ1n) is 8.04. The lowest BCUT2D eigenvalue weighted by Gasteiger charge is -2.20. The highest BCUT2D eigenvalue weighted by atomic mass is 35.5. The molecule has 2 heterocycles. The number of anilines is 1. The van der Waals surface area contributed by atoms with Crippen LogP contribution in [0.15, 0.2) is 58.5 Å². The Morgan fingerprint density at radius 2 is 2.15 bits per heavy atom. The molecule has 0 fully saturated rings. The second kappa shape index (κ2) is 8.89. The molecule has 1 aromatic carbocycles.